The Hall–Kier alpha value is -0.520. The molecule has 1 atom stereocenters. The van der Waals surface area contributed by atoms with E-state index in [2.05, 4.69) is 32.1 Å². The van der Waals surface area contributed by atoms with Gasteiger partial charge in [0.25, 0.3) is 0 Å². The van der Waals surface area contributed by atoms with E-state index in [9.17, 15) is 0 Å². The second kappa shape index (κ2) is 10.3. The van der Waals surface area contributed by atoms with Crippen molar-refractivity contribution in [3.8, 4) is 0 Å². The van der Waals surface area contributed by atoms with Crippen molar-refractivity contribution >= 4 is 0 Å². The largest absolute Gasteiger partial charge is 0.0917 e. The van der Waals surface area contributed by atoms with E-state index < -0.39 is 0 Å². The molecule has 0 aliphatic heterocycles. The van der Waals surface area contributed by atoms with Gasteiger partial charge in [0.1, 0.15) is 0 Å². The van der Waals surface area contributed by atoms with Crippen LogP contribution in [0.4, 0.5) is 0 Å². The van der Waals surface area contributed by atoms with Gasteiger partial charge in [-0.15, -0.1) is 0 Å². The van der Waals surface area contributed by atoms with E-state index in [-0.39, 0.29) is 0 Å². The second-order valence-corrected chi connectivity index (χ2v) is 7.78. The highest BCUT2D eigenvalue weighted by Gasteiger charge is 2.28. The first-order chi connectivity index (χ1) is 10.8. The van der Waals surface area contributed by atoms with Crippen LogP contribution in [0.1, 0.15) is 97.3 Å². The maximum atomic E-state index is 2.60. The Balaban J connectivity index is 1.65. The highest BCUT2D eigenvalue weighted by atomic mass is 14.3. The van der Waals surface area contributed by atoms with Gasteiger partial charge in [0.15, 0.2) is 0 Å². The predicted octanol–water partition coefficient (Wildman–Crippen LogP) is 7.46. The molecule has 0 N–H and O–H groups in total. The minimum atomic E-state index is 1.02. The summed E-state index contributed by atoms with van der Waals surface area (Å²) in [7, 11) is 0. The molecule has 0 radical (unpaired) electrons. The van der Waals surface area contributed by atoms with Crippen LogP contribution in [0.25, 0.3) is 0 Å². The number of unbranched alkanes of at least 4 members (excludes halogenated alkanes) is 2. The number of rotatable bonds is 8. The van der Waals surface area contributed by atoms with Crippen LogP contribution in [0.5, 0.6) is 0 Å². The van der Waals surface area contributed by atoms with E-state index in [1.54, 1.807) is 5.57 Å². The molecule has 0 saturated heterocycles. The Labute approximate surface area is 139 Å². The van der Waals surface area contributed by atoms with Gasteiger partial charge in [-0.2, -0.15) is 0 Å². The van der Waals surface area contributed by atoms with Crippen molar-refractivity contribution in [2.75, 3.05) is 0 Å². The molecule has 0 heterocycles. The van der Waals surface area contributed by atoms with Crippen LogP contribution in [0.3, 0.4) is 0 Å². The lowest BCUT2D eigenvalue weighted by atomic mass is 9.70. The fourth-order valence-electron chi connectivity index (χ4n) is 4.63. The molecule has 0 aromatic carbocycles. The first-order valence-electron chi connectivity index (χ1n) is 10.1. The lowest BCUT2D eigenvalue weighted by Gasteiger charge is -2.35. The van der Waals surface area contributed by atoms with Gasteiger partial charge in [0.05, 0.1) is 0 Å². The summed E-state index contributed by atoms with van der Waals surface area (Å²) in [4.78, 5) is 0. The molecule has 2 aliphatic rings. The Kier molecular flexibility index (Phi) is 8.34. The van der Waals surface area contributed by atoms with Crippen LogP contribution in [-0.4, -0.2) is 0 Å². The van der Waals surface area contributed by atoms with Crippen molar-refractivity contribution in [1.29, 1.82) is 0 Å². The fraction of sp³-hybridized carbons (Fsp3) is 0.818. The van der Waals surface area contributed by atoms with Crippen LogP contribution in [0, 0.1) is 17.8 Å². The van der Waals surface area contributed by atoms with Gasteiger partial charge >= 0.3 is 0 Å². The average molecular weight is 303 g/mol. The van der Waals surface area contributed by atoms with E-state index in [0.29, 0.717) is 0 Å². The van der Waals surface area contributed by atoms with Crippen molar-refractivity contribution in [2.24, 2.45) is 17.8 Å². The quantitative estimate of drug-likeness (QED) is 0.322. The zero-order valence-electron chi connectivity index (χ0n) is 15.2. The third kappa shape index (κ3) is 5.94. The van der Waals surface area contributed by atoms with Crippen LogP contribution < -0.4 is 0 Å². The van der Waals surface area contributed by atoms with Gasteiger partial charge in [-0.05, 0) is 69.6 Å². The minimum absolute atomic E-state index is 1.02. The standard InChI is InChI=1S/C22H38/c1-3-5-7-9-19-11-15-21(16-12-19)22-17-13-20(14-18-22)10-8-6-4-2/h3,5,11,20-22H,4,6-10,12-18H2,1-2H3/b5-3+. The molecule has 0 amide bonds. The molecular weight excluding hydrogens is 264 g/mol. The molecule has 126 valence electrons. The van der Waals surface area contributed by atoms with Gasteiger partial charge in [-0.1, -0.05) is 69.2 Å². The van der Waals surface area contributed by atoms with Crippen molar-refractivity contribution in [1.82, 2.24) is 0 Å². The van der Waals surface area contributed by atoms with E-state index in [1.807, 2.05) is 0 Å². The molecule has 0 spiro atoms. The summed E-state index contributed by atoms with van der Waals surface area (Å²) in [6.07, 6.45) is 25.8. The first-order valence-corrected chi connectivity index (χ1v) is 10.1. The van der Waals surface area contributed by atoms with Gasteiger partial charge in [-0.3, -0.25) is 0 Å². The molecule has 0 nitrogen and oxygen atoms in total. The van der Waals surface area contributed by atoms with E-state index in [4.69, 9.17) is 0 Å². The van der Waals surface area contributed by atoms with E-state index in [1.165, 1.54) is 83.5 Å². The molecule has 1 fully saturated rings. The maximum Gasteiger partial charge on any atom is -0.0286 e. The minimum Gasteiger partial charge on any atom is -0.0917 e. The molecule has 0 bridgehead atoms. The zero-order valence-corrected chi connectivity index (χ0v) is 15.2. The van der Waals surface area contributed by atoms with Gasteiger partial charge < -0.3 is 0 Å². The monoisotopic (exact) mass is 302 g/mol. The van der Waals surface area contributed by atoms with Crippen LogP contribution in [-0.2, 0) is 0 Å². The molecule has 0 aromatic rings. The average Bonchev–Trinajstić information content (AvgIpc) is 2.57. The molecule has 2 rings (SSSR count). The smallest absolute Gasteiger partial charge is 0.0286 e. The third-order valence-corrected chi connectivity index (χ3v) is 6.19. The summed E-state index contributed by atoms with van der Waals surface area (Å²) in [6, 6.07) is 0. The zero-order chi connectivity index (χ0) is 15.6. The van der Waals surface area contributed by atoms with Crippen molar-refractivity contribution in [3.05, 3.63) is 23.8 Å². The predicted molar refractivity (Wildman–Crippen MR) is 99.1 cm³/mol. The summed E-state index contributed by atoms with van der Waals surface area (Å²) >= 11 is 0. The van der Waals surface area contributed by atoms with E-state index in [0.717, 1.165) is 17.8 Å². The summed E-state index contributed by atoms with van der Waals surface area (Å²) in [5.74, 6) is 3.14. The highest BCUT2D eigenvalue weighted by molar-refractivity contribution is 5.08. The summed E-state index contributed by atoms with van der Waals surface area (Å²) in [6.45, 7) is 4.45. The van der Waals surface area contributed by atoms with Gasteiger partial charge in [0, 0.05) is 0 Å². The summed E-state index contributed by atoms with van der Waals surface area (Å²) in [5, 5.41) is 0. The third-order valence-electron chi connectivity index (χ3n) is 6.19. The Morgan fingerprint density at radius 3 is 2.50 bits per heavy atom. The van der Waals surface area contributed by atoms with Crippen molar-refractivity contribution in [3.63, 3.8) is 0 Å². The number of hydrogen-bond donors (Lipinski definition) is 0. The Morgan fingerprint density at radius 1 is 1.05 bits per heavy atom. The topological polar surface area (TPSA) is 0 Å². The highest BCUT2D eigenvalue weighted by Crippen LogP contribution is 2.41. The summed E-state index contributed by atoms with van der Waals surface area (Å²) < 4.78 is 0. The number of hydrogen-bond acceptors (Lipinski definition) is 0. The molecule has 22 heavy (non-hydrogen) atoms. The lowest BCUT2D eigenvalue weighted by molar-refractivity contribution is 0.185. The lowest BCUT2D eigenvalue weighted by Crippen LogP contribution is -2.23. The van der Waals surface area contributed by atoms with E-state index >= 15 is 0 Å². The Bertz CT molecular complexity index is 341. The molecule has 1 unspecified atom stereocenters. The van der Waals surface area contributed by atoms with Crippen LogP contribution in [0.2, 0.25) is 0 Å². The molecule has 0 heteroatoms. The van der Waals surface area contributed by atoms with Crippen molar-refractivity contribution < 1.29 is 0 Å². The molecule has 0 aromatic heterocycles. The molecular formula is C22H38. The fourth-order valence-corrected chi connectivity index (χ4v) is 4.63. The van der Waals surface area contributed by atoms with Crippen LogP contribution >= 0.6 is 0 Å². The summed E-state index contributed by atoms with van der Waals surface area (Å²) in [5.41, 5.74) is 1.74. The van der Waals surface area contributed by atoms with Gasteiger partial charge in [0.2, 0.25) is 0 Å². The van der Waals surface area contributed by atoms with Crippen molar-refractivity contribution in [2.45, 2.75) is 97.3 Å². The van der Waals surface area contributed by atoms with Crippen LogP contribution in [0.15, 0.2) is 23.8 Å². The first kappa shape index (κ1) is 17.8. The Morgan fingerprint density at radius 2 is 1.86 bits per heavy atom. The maximum absolute atomic E-state index is 2.60. The second-order valence-electron chi connectivity index (χ2n) is 7.78. The van der Waals surface area contributed by atoms with Gasteiger partial charge in [-0.25, -0.2) is 0 Å². The number of allylic oxidation sites excluding steroid dienone is 4. The SMILES string of the molecule is C/C=C/CCC1=CCC(C2CCC(CCCCC)CC2)CC1. The molecule has 2 aliphatic carbocycles. The molecule has 1 saturated carbocycles. The normalized spacial score (nSPS) is 29.7.